The summed E-state index contributed by atoms with van der Waals surface area (Å²) in [5, 5.41) is 2.97. The maximum atomic E-state index is 13.9. The van der Waals surface area contributed by atoms with E-state index in [0.29, 0.717) is 31.6 Å². The number of hydrogen-bond donors (Lipinski definition) is 1. The largest absolute Gasteiger partial charge is 0.369 e. The number of pyridine rings is 1. The second-order valence-corrected chi connectivity index (χ2v) is 7.38. The zero-order chi connectivity index (χ0) is 19.6. The zero-order valence-corrected chi connectivity index (χ0v) is 16.0. The van der Waals surface area contributed by atoms with E-state index in [0.717, 1.165) is 5.69 Å². The Hall–Kier alpha value is -2.63. The van der Waals surface area contributed by atoms with Crippen LogP contribution in [0.4, 0.5) is 10.1 Å². The van der Waals surface area contributed by atoms with Crippen molar-refractivity contribution in [2.75, 3.05) is 18.0 Å². The molecular formula is C21H26FN3O2. The summed E-state index contributed by atoms with van der Waals surface area (Å²) in [4.78, 5) is 27.1. The Morgan fingerprint density at radius 2 is 1.81 bits per heavy atom. The van der Waals surface area contributed by atoms with Crippen LogP contribution >= 0.6 is 0 Å². The fourth-order valence-corrected chi connectivity index (χ4v) is 3.64. The van der Waals surface area contributed by atoms with E-state index in [1.165, 1.54) is 6.07 Å². The van der Waals surface area contributed by atoms with Crippen molar-refractivity contribution in [1.29, 1.82) is 0 Å². The number of nitrogens with one attached hydrogen (secondary N) is 1. The number of carbonyl (C=O) groups is 1. The predicted molar refractivity (Wildman–Crippen MR) is 105 cm³/mol. The molecule has 1 aromatic carbocycles. The van der Waals surface area contributed by atoms with Crippen LogP contribution in [-0.2, 0) is 7.05 Å². The number of para-hydroxylation sites is 1. The average molecular weight is 371 g/mol. The van der Waals surface area contributed by atoms with Crippen molar-refractivity contribution in [2.45, 2.75) is 38.6 Å². The van der Waals surface area contributed by atoms with Gasteiger partial charge in [0.25, 0.3) is 11.5 Å². The molecule has 0 spiro atoms. The van der Waals surface area contributed by atoms with Gasteiger partial charge in [0.05, 0.1) is 5.69 Å². The second kappa shape index (κ2) is 7.94. The van der Waals surface area contributed by atoms with Crippen molar-refractivity contribution in [2.24, 2.45) is 7.05 Å². The molecule has 2 aromatic rings. The molecule has 0 saturated carbocycles. The first-order chi connectivity index (χ1) is 12.9. The molecule has 5 nitrogen and oxygen atoms in total. The lowest BCUT2D eigenvalue weighted by atomic mass is 10.0. The molecule has 6 heteroatoms. The molecule has 1 aliphatic heterocycles. The van der Waals surface area contributed by atoms with Crippen LogP contribution in [0.2, 0.25) is 0 Å². The third-order valence-electron chi connectivity index (χ3n) is 5.20. The first kappa shape index (κ1) is 19.1. The Bertz CT molecular complexity index is 883. The maximum Gasteiger partial charge on any atom is 0.263 e. The molecule has 0 unspecified atom stereocenters. The van der Waals surface area contributed by atoms with Gasteiger partial charge in [0, 0.05) is 31.9 Å². The van der Waals surface area contributed by atoms with E-state index < -0.39 is 0 Å². The number of nitrogens with zero attached hydrogens (tertiary/aromatic N) is 2. The van der Waals surface area contributed by atoms with Crippen molar-refractivity contribution in [3.8, 4) is 0 Å². The highest BCUT2D eigenvalue weighted by Gasteiger charge is 2.24. The lowest BCUT2D eigenvalue weighted by molar-refractivity contribution is 0.0929. The van der Waals surface area contributed by atoms with E-state index in [9.17, 15) is 14.0 Å². The highest BCUT2D eigenvalue weighted by atomic mass is 19.1. The van der Waals surface area contributed by atoms with Gasteiger partial charge in [-0.3, -0.25) is 9.59 Å². The summed E-state index contributed by atoms with van der Waals surface area (Å²) in [5.74, 6) is -0.355. The van der Waals surface area contributed by atoms with Crippen molar-refractivity contribution >= 4 is 11.6 Å². The molecule has 1 saturated heterocycles. The van der Waals surface area contributed by atoms with Crippen molar-refractivity contribution < 1.29 is 9.18 Å². The average Bonchev–Trinajstić information content (AvgIpc) is 2.64. The van der Waals surface area contributed by atoms with E-state index in [4.69, 9.17) is 0 Å². The van der Waals surface area contributed by atoms with E-state index >= 15 is 0 Å². The number of amides is 1. The topological polar surface area (TPSA) is 54.3 Å². The summed E-state index contributed by atoms with van der Waals surface area (Å²) in [5.41, 5.74) is 1.39. The third kappa shape index (κ3) is 4.04. The minimum absolute atomic E-state index is 0.0185. The van der Waals surface area contributed by atoms with Crippen LogP contribution in [0.25, 0.3) is 0 Å². The number of piperidine rings is 1. The number of rotatable bonds is 4. The van der Waals surface area contributed by atoms with Gasteiger partial charge in [-0.25, -0.2) is 4.39 Å². The quantitative estimate of drug-likeness (QED) is 0.899. The fraction of sp³-hybridized carbons (Fsp3) is 0.429. The molecular weight excluding hydrogens is 345 g/mol. The standard InChI is InChI=1S/C21H26FN3O2/c1-14(2)18-9-8-16(21(27)24(18)3)20(26)23-15-10-12-25(13-11-15)19-7-5-4-6-17(19)22/h4-9,14-15H,10-13H2,1-3H3,(H,23,26). The van der Waals surface area contributed by atoms with Gasteiger partial charge < -0.3 is 14.8 Å². The van der Waals surface area contributed by atoms with Crippen molar-refractivity contribution in [3.63, 3.8) is 0 Å². The van der Waals surface area contributed by atoms with Gasteiger partial charge in [-0.05, 0) is 43.0 Å². The second-order valence-electron chi connectivity index (χ2n) is 7.38. The Balaban J connectivity index is 1.64. The summed E-state index contributed by atoms with van der Waals surface area (Å²) in [7, 11) is 1.70. The summed E-state index contributed by atoms with van der Waals surface area (Å²) in [6.45, 7) is 5.35. The van der Waals surface area contributed by atoms with Crippen LogP contribution in [-0.4, -0.2) is 29.6 Å². The maximum absolute atomic E-state index is 13.9. The van der Waals surface area contributed by atoms with Gasteiger partial charge in [0.15, 0.2) is 0 Å². The van der Waals surface area contributed by atoms with Crippen LogP contribution in [0.15, 0.2) is 41.2 Å². The molecule has 1 aliphatic rings. The molecule has 2 heterocycles. The monoisotopic (exact) mass is 371 g/mol. The third-order valence-corrected chi connectivity index (χ3v) is 5.20. The molecule has 0 atom stereocenters. The number of hydrogen-bond acceptors (Lipinski definition) is 3. The minimum atomic E-state index is -0.338. The fourth-order valence-electron chi connectivity index (χ4n) is 3.64. The van der Waals surface area contributed by atoms with Gasteiger partial charge in [0.2, 0.25) is 0 Å². The van der Waals surface area contributed by atoms with Crippen LogP contribution in [0.1, 0.15) is 48.7 Å². The van der Waals surface area contributed by atoms with Gasteiger partial charge in [-0.1, -0.05) is 26.0 Å². The summed E-state index contributed by atoms with van der Waals surface area (Å²) >= 11 is 0. The molecule has 144 valence electrons. The highest BCUT2D eigenvalue weighted by molar-refractivity contribution is 5.94. The van der Waals surface area contributed by atoms with E-state index in [1.54, 1.807) is 29.8 Å². The highest BCUT2D eigenvalue weighted by Crippen LogP contribution is 2.23. The smallest absolute Gasteiger partial charge is 0.263 e. The van der Waals surface area contributed by atoms with Crippen LogP contribution < -0.4 is 15.8 Å². The number of benzene rings is 1. The molecule has 0 bridgehead atoms. The van der Waals surface area contributed by atoms with Gasteiger partial charge in [0.1, 0.15) is 11.4 Å². The van der Waals surface area contributed by atoms with Gasteiger partial charge in [-0.2, -0.15) is 0 Å². The molecule has 1 amide bonds. The van der Waals surface area contributed by atoms with E-state index in [-0.39, 0.29) is 34.8 Å². The number of anilines is 1. The zero-order valence-electron chi connectivity index (χ0n) is 16.0. The Kier molecular flexibility index (Phi) is 5.63. The molecule has 1 fully saturated rings. The molecule has 0 radical (unpaired) electrons. The predicted octanol–water partition coefficient (Wildman–Crippen LogP) is 3.05. The molecule has 3 rings (SSSR count). The Labute approximate surface area is 158 Å². The normalized spacial score (nSPS) is 15.2. The molecule has 1 aromatic heterocycles. The van der Waals surface area contributed by atoms with Gasteiger partial charge in [-0.15, -0.1) is 0 Å². The Morgan fingerprint density at radius 1 is 1.15 bits per heavy atom. The summed E-state index contributed by atoms with van der Waals surface area (Å²) in [6.07, 6.45) is 1.43. The lowest BCUT2D eigenvalue weighted by Crippen LogP contribution is -2.46. The van der Waals surface area contributed by atoms with Crippen LogP contribution in [0.5, 0.6) is 0 Å². The minimum Gasteiger partial charge on any atom is -0.369 e. The van der Waals surface area contributed by atoms with Gasteiger partial charge >= 0.3 is 0 Å². The van der Waals surface area contributed by atoms with E-state index in [2.05, 4.69) is 5.32 Å². The number of aromatic nitrogens is 1. The lowest BCUT2D eigenvalue weighted by Gasteiger charge is -2.34. The number of carbonyl (C=O) groups excluding carboxylic acids is 1. The summed E-state index contributed by atoms with van der Waals surface area (Å²) < 4.78 is 15.5. The number of halogens is 1. The summed E-state index contributed by atoms with van der Waals surface area (Å²) in [6, 6.07) is 10.2. The van der Waals surface area contributed by atoms with Crippen molar-refractivity contribution in [3.05, 3.63) is 63.8 Å². The molecule has 1 N–H and O–H groups in total. The van der Waals surface area contributed by atoms with Crippen molar-refractivity contribution in [1.82, 2.24) is 9.88 Å². The first-order valence-electron chi connectivity index (χ1n) is 9.38. The van der Waals surface area contributed by atoms with Crippen LogP contribution in [0.3, 0.4) is 0 Å². The van der Waals surface area contributed by atoms with Crippen LogP contribution in [0, 0.1) is 5.82 Å². The molecule has 27 heavy (non-hydrogen) atoms. The molecule has 0 aliphatic carbocycles. The SMILES string of the molecule is CC(C)c1ccc(C(=O)NC2CCN(c3ccccc3F)CC2)c(=O)n1C. The van der Waals surface area contributed by atoms with E-state index in [1.807, 2.05) is 30.9 Å². The first-order valence-corrected chi connectivity index (χ1v) is 9.38. The Morgan fingerprint density at radius 3 is 2.44 bits per heavy atom.